The lowest BCUT2D eigenvalue weighted by Gasteiger charge is -2.41. The van der Waals surface area contributed by atoms with E-state index in [1.165, 1.54) is 26.2 Å². The maximum absolute atomic E-state index is 11.6. The van der Waals surface area contributed by atoms with Crippen molar-refractivity contribution in [2.24, 2.45) is 0 Å². The zero-order chi connectivity index (χ0) is 14.0. The molecule has 4 heteroatoms. The van der Waals surface area contributed by atoms with Gasteiger partial charge in [-0.05, 0) is 52.2 Å². The summed E-state index contributed by atoms with van der Waals surface area (Å²) >= 11 is 0. The first-order valence-corrected chi connectivity index (χ1v) is 6.83. The van der Waals surface area contributed by atoms with E-state index in [0.717, 1.165) is 5.69 Å². The van der Waals surface area contributed by atoms with Crippen molar-refractivity contribution < 1.29 is 4.79 Å². The lowest BCUT2D eigenvalue weighted by molar-refractivity contribution is 0.101. The van der Waals surface area contributed by atoms with Crippen LogP contribution in [0.25, 0.3) is 4.98 Å². The molecular weight excluding hydrogens is 238 g/mol. The molecule has 0 amide bonds. The molecule has 1 heterocycles. The van der Waals surface area contributed by atoms with Gasteiger partial charge in [-0.15, -0.1) is 0 Å². The molecule has 0 radical (unpaired) electrons. The summed E-state index contributed by atoms with van der Waals surface area (Å²) in [5, 5.41) is 8.93. The Morgan fingerprint density at radius 3 is 2.47 bits per heavy atom. The van der Waals surface area contributed by atoms with E-state index >= 15 is 0 Å². The van der Waals surface area contributed by atoms with Crippen molar-refractivity contribution in [1.29, 1.82) is 5.39 Å². The van der Waals surface area contributed by atoms with Gasteiger partial charge < -0.3 is 4.90 Å². The Morgan fingerprint density at radius 2 is 1.95 bits per heavy atom. The third-order valence-corrected chi connectivity index (χ3v) is 3.96. The molecule has 2 unspecified atom stereocenters. The molecule has 1 aliphatic heterocycles. The van der Waals surface area contributed by atoms with Crippen LogP contribution in [-0.2, 0) is 0 Å². The molecule has 1 fully saturated rings. The van der Waals surface area contributed by atoms with Crippen LogP contribution >= 0.6 is 0 Å². The normalized spacial score (nSPS) is 22.9. The summed E-state index contributed by atoms with van der Waals surface area (Å²) in [6.07, 6.45) is 3.60. The summed E-state index contributed by atoms with van der Waals surface area (Å²) in [6, 6.07) is 6.43. The average molecular weight is 258 g/mol. The monoisotopic (exact) mass is 258 g/mol. The second kappa shape index (κ2) is 5.40. The van der Waals surface area contributed by atoms with E-state index in [0.29, 0.717) is 23.3 Å². The number of ketones is 1. The molecule has 2 atom stereocenters. The van der Waals surface area contributed by atoms with Crippen molar-refractivity contribution in [3.8, 4) is 0 Å². The second-order valence-corrected chi connectivity index (χ2v) is 5.39. The third-order valence-electron chi connectivity index (χ3n) is 3.96. The van der Waals surface area contributed by atoms with Crippen LogP contribution in [0.4, 0.5) is 11.4 Å². The van der Waals surface area contributed by atoms with Gasteiger partial charge in [0, 0.05) is 23.8 Å². The quantitative estimate of drug-likeness (QED) is 0.591. The van der Waals surface area contributed by atoms with Crippen LogP contribution in [0.2, 0.25) is 0 Å². The highest BCUT2D eigenvalue weighted by Crippen LogP contribution is 2.32. The van der Waals surface area contributed by atoms with Gasteiger partial charge in [-0.2, -0.15) is 0 Å². The molecule has 100 valence electrons. The van der Waals surface area contributed by atoms with Crippen LogP contribution in [0.15, 0.2) is 18.2 Å². The number of hydrogen-bond acceptors (Lipinski definition) is 3. The Morgan fingerprint density at radius 1 is 1.32 bits per heavy atom. The molecule has 4 nitrogen and oxygen atoms in total. The minimum Gasteiger partial charge on any atom is -0.366 e. The van der Waals surface area contributed by atoms with Crippen molar-refractivity contribution in [3.63, 3.8) is 0 Å². The van der Waals surface area contributed by atoms with Crippen LogP contribution in [0.5, 0.6) is 0 Å². The minimum atomic E-state index is -0.0769. The zero-order valence-electron chi connectivity index (χ0n) is 11.8. The first-order chi connectivity index (χ1) is 9.04. The first-order valence-electron chi connectivity index (χ1n) is 6.83. The molecule has 2 rings (SSSR count). The molecule has 0 aliphatic carbocycles. The maximum Gasteiger partial charge on any atom is 0.395 e. The molecule has 1 saturated heterocycles. The van der Waals surface area contributed by atoms with E-state index in [-0.39, 0.29) is 5.78 Å². The molecule has 1 aromatic carbocycles. The number of rotatable bonds is 2. The lowest BCUT2D eigenvalue weighted by atomic mass is 9.96. The third kappa shape index (κ3) is 2.60. The maximum atomic E-state index is 11.6. The minimum absolute atomic E-state index is 0.0769. The van der Waals surface area contributed by atoms with Gasteiger partial charge in [0.25, 0.3) is 0 Å². The molecule has 0 N–H and O–H groups in total. The molecule has 1 aromatic rings. The molecule has 19 heavy (non-hydrogen) atoms. The highest BCUT2D eigenvalue weighted by atomic mass is 16.1. The topological polar surface area (TPSA) is 48.5 Å². The first kappa shape index (κ1) is 13.5. The SMILES string of the molecule is CC(=O)c1cc(N2C(C)CCCC2C)ccc1[N+]#N. The predicted octanol–water partition coefficient (Wildman–Crippen LogP) is 4.14. The standard InChI is InChI=1S/C15H20N3O/c1-10-5-4-6-11(2)18(10)13-7-8-15(17-16)14(9-13)12(3)19/h7-11H,4-6H2,1-3H3/q+1. The number of Topliss-reactive ketones (excluding diaryl/α,β-unsaturated/α-hetero) is 1. The summed E-state index contributed by atoms with van der Waals surface area (Å²) in [6.45, 7) is 5.93. The lowest BCUT2D eigenvalue weighted by Crippen LogP contribution is -2.43. The Bertz CT molecular complexity index is 523. The van der Waals surface area contributed by atoms with E-state index in [9.17, 15) is 4.79 Å². The van der Waals surface area contributed by atoms with E-state index in [1.54, 1.807) is 6.07 Å². The van der Waals surface area contributed by atoms with Gasteiger partial charge >= 0.3 is 5.69 Å². The van der Waals surface area contributed by atoms with Gasteiger partial charge in [-0.3, -0.25) is 4.79 Å². The molecule has 0 spiro atoms. The molecular formula is C15H20N3O+. The number of hydrogen-bond donors (Lipinski definition) is 0. The number of anilines is 1. The number of carbonyl (C=O) groups is 1. The average Bonchev–Trinajstić information content (AvgIpc) is 2.38. The van der Waals surface area contributed by atoms with Gasteiger partial charge in [0.05, 0.1) is 0 Å². The van der Waals surface area contributed by atoms with E-state index < -0.39 is 0 Å². The van der Waals surface area contributed by atoms with Gasteiger partial charge in [-0.1, -0.05) is 0 Å². The number of benzene rings is 1. The fourth-order valence-electron chi connectivity index (χ4n) is 2.98. The smallest absolute Gasteiger partial charge is 0.366 e. The number of nitrogens with zero attached hydrogens (tertiary/aromatic N) is 3. The van der Waals surface area contributed by atoms with Gasteiger partial charge in [0.1, 0.15) is 5.56 Å². The summed E-state index contributed by atoms with van der Waals surface area (Å²) in [4.78, 5) is 17.2. The molecule has 1 aliphatic rings. The van der Waals surface area contributed by atoms with Crippen LogP contribution < -0.4 is 4.90 Å². The van der Waals surface area contributed by atoms with E-state index in [4.69, 9.17) is 5.39 Å². The summed E-state index contributed by atoms with van der Waals surface area (Å²) in [5.74, 6) is -0.0769. The number of carbonyl (C=O) groups excluding carboxylic acids is 1. The van der Waals surface area contributed by atoms with Crippen LogP contribution in [0.1, 0.15) is 50.4 Å². The van der Waals surface area contributed by atoms with Gasteiger partial charge in [-0.25, -0.2) is 0 Å². The fraction of sp³-hybridized carbons (Fsp3) is 0.533. The Balaban J connectivity index is 2.43. The predicted molar refractivity (Wildman–Crippen MR) is 76.4 cm³/mol. The zero-order valence-corrected chi connectivity index (χ0v) is 11.8. The Labute approximate surface area is 114 Å². The fourth-order valence-corrected chi connectivity index (χ4v) is 2.98. The largest absolute Gasteiger partial charge is 0.395 e. The van der Waals surface area contributed by atoms with E-state index in [1.807, 2.05) is 12.1 Å². The summed E-state index contributed by atoms with van der Waals surface area (Å²) < 4.78 is 0. The van der Waals surface area contributed by atoms with Crippen molar-refractivity contribution in [3.05, 3.63) is 28.7 Å². The summed E-state index contributed by atoms with van der Waals surface area (Å²) in [5.41, 5.74) is 1.86. The number of piperidine rings is 1. The van der Waals surface area contributed by atoms with Crippen molar-refractivity contribution in [1.82, 2.24) is 0 Å². The number of diazo groups is 1. The van der Waals surface area contributed by atoms with Crippen molar-refractivity contribution in [2.75, 3.05) is 4.90 Å². The van der Waals surface area contributed by atoms with E-state index in [2.05, 4.69) is 23.7 Å². The van der Waals surface area contributed by atoms with Crippen molar-refractivity contribution in [2.45, 2.75) is 52.1 Å². The Kier molecular flexibility index (Phi) is 3.84. The molecule has 0 aromatic heterocycles. The molecule has 0 bridgehead atoms. The van der Waals surface area contributed by atoms with Crippen LogP contribution in [0.3, 0.4) is 0 Å². The van der Waals surface area contributed by atoms with Crippen LogP contribution in [0, 0.1) is 5.39 Å². The van der Waals surface area contributed by atoms with Gasteiger partial charge in [0.15, 0.2) is 10.8 Å². The summed E-state index contributed by atoms with van der Waals surface area (Å²) in [7, 11) is 0. The second-order valence-electron chi connectivity index (χ2n) is 5.39. The van der Waals surface area contributed by atoms with Crippen molar-refractivity contribution >= 4 is 17.2 Å². The molecule has 0 saturated carbocycles. The highest BCUT2D eigenvalue weighted by molar-refractivity contribution is 6.00. The highest BCUT2D eigenvalue weighted by Gasteiger charge is 2.27. The van der Waals surface area contributed by atoms with Crippen LogP contribution in [-0.4, -0.2) is 17.9 Å². The van der Waals surface area contributed by atoms with Gasteiger partial charge in [0.2, 0.25) is 5.39 Å². The Hall–Kier alpha value is -1.89.